The van der Waals surface area contributed by atoms with Crippen LogP contribution in [-0.4, -0.2) is 38.0 Å². The maximum atomic E-state index is 14.0. The van der Waals surface area contributed by atoms with Gasteiger partial charge in [0.25, 0.3) is 5.56 Å². The number of aryl methyl sites for hydroxylation is 1. The van der Waals surface area contributed by atoms with Gasteiger partial charge in [-0.15, -0.1) is 21.5 Å². The third kappa shape index (κ3) is 4.90. The van der Waals surface area contributed by atoms with Crippen LogP contribution in [0.3, 0.4) is 0 Å². The monoisotopic (exact) mass is 561 g/mol. The zero-order valence-corrected chi connectivity index (χ0v) is 22.9. The Balaban J connectivity index is 1.32. The van der Waals surface area contributed by atoms with Crippen molar-refractivity contribution in [2.24, 2.45) is 0 Å². The Morgan fingerprint density at radius 3 is 2.61 bits per heavy atom. The van der Waals surface area contributed by atoms with Crippen molar-refractivity contribution in [1.29, 1.82) is 0 Å². The number of carbonyl (C=O) groups excluding carboxylic acids is 1. The van der Waals surface area contributed by atoms with Crippen LogP contribution in [0.1, 0.15) is 28.8 Å². The first-order valence-electron chi connectivity index (χ1n) is 12.1. The van der Waals surface area contributed by atoms with Crippen molar-refractivity contribution in [2.45, 2.75) is 31.0 Å². The molecule has 4 heterocycles. The molecule has 38 heavy (non-hydrogen) atoms. The zero-order valence-electron chi connectivity index (χ0n) is 20.4. The molecule has 11 heteroatoms. The minimum absolute atomic E-state index is 0.0428. The predicted octanol–water partition coefficient (Wildman–Crippen LogP) is 5.86. The van der Waals surface area contributed by atoms with Gasteiger partial charge in [0.05, 0.1) is 16.8 Å². The molecule has 1 atom stereocenters. The Bertz CT molecular complexity index is 1660. The van der Waals surface area contributed by atoms with Crippen molar-refractivity contribution in [3.8, 4) is 16.8 Å². The third-order valence-electron chi connectivity index (χ3n) is 6.17. The van der Waals surface area contributed by atoms with E-state index in [1.54, 1.807) is 4.57 Å². The minimum Gasteiger partial charge on any atom is -0.371 e. The van der Waals surface area contributed by atoms with E-state index in [-0.39, 0.29) is 23.3 Å². The van der Waals surface area contributed by atoms with Gasteiger partial charge in [-0.3, -0.25) is 19.5 Å². The smallest absolute Gasteiger partial charge is 0.268 e. The highest BCUT2D eigenvalue weighted by molar-refractivity contribution is 7.99. The van der Waals surface area contributed by atoms with Gasteiger partial charge < -0.3 is 4.74 Å². The summed E-state index contributed by atoms with van der Waals surface area (Å²) in [5.74, 6) is -0.179. The van der Waals surface area contributed by atoms with Gasteiger partial charge in [-0.2, -0.15) is 0 Å². The lowest BCUT2D eigenvalue weighted by molar-refractivity contribution is -0.113. The van der Waals surface area contributed by atoms with Crippen LogP contribution in [-0.2, 0) is 9.53 Å². The molecule has 1 aliphatic rings. The van der Waals surface area contributed by atoms with E-state index in [2.05, 4.69) is 15.5 Å². The average Bonchev–Trinajstić information content (AvgIpc) is 3.69. The lowest BCUT2D eigenvalue weighted by atomic mass is 10.0. The lowest BCUT2D eigenvalue weighted by Gasteiger charge is -2.12. The number of aromatic nitrogens is 4. The summed E-state index contributed by atoms with van der Waals surface area (Å²) in [4.78, 5) is 33.4. The largest absolute Gasteiger partial charge is 0.371 e. The van der Waals surface area contributed by atoms with Gasteiger partial charge in [0.2, 0.25) is 11.0 Å². The van der Waals surface area contributed by atoms with Crippen molar-refractivity contribution in [3.05, 3.63) is 80.9 Å². The molecule has 5 aromatic rings. The molecule has 1 saturated heterocycles. The van der Waals surface area contributed by atoms with E-state index in [1.165, 1.54) is 34.4 Å². The van der Waals surface area contributed by atoms with Crippen molar-refractivity contribution >= 4 is 55.7 Å². The molecule has 1 fully saturated rings. The quantitative estimate of drug-likeness (QED) is 0.196. The molecule has 1 unspecified atom stereocenters. The number of rotatable bonds is 7. The fraction of sp³-hybridized carbons (Fsp3) is 0.222. The molecule has 1 amide bonds. The summed E-state index contributed by atoms with van der Waals surface area (Å²) < 4.78 is 7.25. The van der Waals surface area contributed by atoms with Crippen LogP contribution in [0.5, 0.6) is 0 Å². The number of hydrogen-bond acceptors (Lipinski definition) is 9. The first-order valence-corrected chi connectivity index (χ1v) is 14.7. The second-order valence-electron chi connectivity index (χ2n) is 8.73. The summed E-state index contributed by atoms with van der Waals surface area (Å²) in [7, 11) is 0. The van der Waals surface area contributed by atoms with Crippen LogP contribution >= 0.6 is 34.4 Å². The molecular formula is C27H23N5O3S3. The van der Waals surface area contributed by atoms with Gasteiger partial charge in [0.1, 0.15) is 15.9 Å². The standard InChI is InChI=1S/C27H23N5O3S3/c1-16-21(17-9-4-2-5-10-17)22-24(37-16)29-27(32(25(22)34)18-11-6-3-7-12-18)36-15-20(33)28-26-31-30-23(38-26)19-13-8-14-35-19/h2-7,9-12,19H,8,13-15H2,1H3,(H,28,31,33). The molecule has 6 rings (SSSR count). The van der Waals surface area contributed by atoms with Crippen LogP contribution in [0, 0.1) is 6.92 Å². The zero-order chi connectivity index (χ0) is 26.1. The van der Waals surface area contributed by atoms with Crippen LogP contribution in [0.2, 0.25) is 0 Å². The molecule has 0 aliphatic carbocycles. The summed E-state index contributed by atoms with van der Waals surface area (Å²) in [6, 6.07) is 19.3. The van der Waals surface area contributed by atoms with E-state index in [0.717, 1.165) is 40.5 Å². The number of fused-ring (bicyclic) bond motifs is 1. The minimum atomic E-state index is -0.244. The highest BCUT2D eigenvalue weighted by Crippen LogP contribution is 2.37. The number of amides is 1. The van der Waals surface area contributed by atoms with Gasteiger partial charge in [-0.25, -0.2) is 4.98 Å². The Morgan fingerprint density at radius 2 is 1.87 bits per heavy atom. The Hall–Kier alpha value is -3.38. The Labute approximate surface area is 230 Å². The molecule has 3 aromatic heterocycles. The lowest BCUT2D eigenvalue weighted by Crippen LogP contribution is -2.22. The maximum Gasteiger partial charge on any atom is 0.268 e. The Kier molecular flexibility index (Phi) is 7.07. The van der Waals surface area contributed by atoms with Gasteiger partial charge in [-0.1, -0.05) is 71.6 Å². The topological polar surface area (TPSA) is 99.0 Å². The molecule has 0 saturated carbocycles. The van der Waals surface area contributed by atoms with E-state index in [9.17, 15) is 9.59 Å². The summed E-state index contributed by atoms with van der Waals surface area (Å²) in [6.07, 6.45) is 1.87. The van der Waals surface area contributed by atoms with Crippen LogP contribution in [0.15, 0.2) is 70.6 Å². The summed E-state index contributed by atoms with van der Waals surface area (Å²) in [6.45, 7) is 2.73. The number of benzene rings is 2. The SMILES string of the molecule is Cc1sc2nc(SCC(=O)Nc3nnc(C4CCCO4)s3)n(-c3ccccc3)c(=O)c2c1-c1ccccc1. The normalized spacial score (nSPS) is 15.2. The number of hydrogen-bond donors (Lipinski definition) is 1. The van der Waals surface area contributed by atoms with E-state index in [0.29, 0.717) is 26.2 Å². The van der Waals surface area contributed by atoms with Crippen molar-refractivity contribution in [2.75, 3.05) is 17.7 Å². The average molecular weight is 562 g/mol. The summed E-state index contributed by atoms with van der Waals surface area (Å²) in [5, 5.41) is 13.3. The fourth-order valence-electron chi connectivity index (χ4n) is 4.47. The molecule has 1 N–H and O–H groups in total. The molecule has 1 aliphatic heterocycles. The number of carbonyl (C=O) groups is 1. The molecule has 2 aromatic carbocycles. The van der Waals surface area contributed by atoms with Gasteiger partial charge in [0, 0.05) is 17.0 Å². The Morgan fingerprint density at radius 1 is 1.11 bits per heavy atom. The molecule has 0 radical (unpaired) electrons. The fourth-order valence-corrected chi connectivity index (χ4v) is 7.21. The molecule has 0 spiro atoms. The van der Waals surface area contributed by atoms with Crippen LogP contribution in [0.25, 0.3) is 27.0 Å². The van der Waals surface area contributed by atoms with E-state index in [4.69, 9.17) is 9.72 Å². The van der Waals surface area contributed by atoms with Crippen molar-refractivity contribution in [3.63, 3.8) is 0 Å². The highest BCUT2D eigenvalue weighted by Gasteiger charge is 2.24. The van der Waals surface area contributed by atoms with Crippen LogP contribution < -0.4 is 10.9 Å². The predicted molar refractivity (Wildman–Crippen MR) is 153 cm³/mol. The molecule has 0 bridgehead atoms. The number of nitrogens with one attached hydrogen (secondary N) is 1. The van der Waals surface area contributed by atoms with Gasteiger partial charge in [-0.05, 0) is 37.5 Å². The van der Waals surface area contributed by atoms with Gasteiger partial charge in [0.15, 0.2) is 5.16 Å². The van der Waals surface area contributed by atoms with Crippen molar-refractivity contribution < 1.29 is 9.53 Å². The second-order valence-corrected chi connectivity index (χ2v) is 11.9. The summed E-state index contributed by atoms with van der Waals surface area (Å²) >= 11 is 4.04. The maximum absolute atomic E-state index is 14.0. The summed E-state index contributed by atoms with van der Waals surface area (Å²) in [5.41, 5.74) is 2.43. The third-order valence-corrected chi connectivity index (χ3v) is 9.04. The second kappa shape index (κ2) is 10.8. The van der Waals surface area contributed by atoms with Crippen molar-refractivity contribution in [1.82, 2.24) is 19.7 Å². The van der Waals surface area contributed by atoms with E-state index < -0.39 is 0 Å². The number of thiophene rings is 1. The number of ether oxygens (including phenoxy) is 1. The number of para-hydroxylation sites is 1. The van der Waals surface area contributed by atoms with E-state index in [1.807, 2.05) is 67.6 Å². The van der Waals surface area contributed by atoms with E-state index >= 15 is 0 Å². The number of anilines is 1. The van der Waals surface area contributed by atoms with Crippen LogP contribution in [0.4, 0.5) is 5.13 Å². The molecular weight excluding hydrogens is 539 g/mol. The van der Waals surface area contributed by atoms with Gasteiger partial charge >= 0.3 is 0 Å². The first kappa shape index (κ1) is 24.9. The number of thioether (sulfide) groups is 1. The molecule has 8 nitrogen and oxygen atoms in total. The molecule has 192 valence electrons. The number of nitrogens with zero attached hydrogens (tertiary/aromatic N) is 4. The first-order chi connectivity index (χ1) is 18.6. The highest BCUT2D eigenvalue weighted by atomic mass is 32.2.